The molecule has 1 N–H and O–H groups in total. The van der Waals surface area contributed by atoms with Crippen LogP contribution in [0, 0.1) is 13.8 Å². The average Bonchev–Trinajstić information content (AvgIpc) is 3.16. The number of nitrogens with zero attached hydrogens (tertiary/aromatic N) is 1. The fourth-order valence-electron chi connectivity index (χ4n) is 4.81. The van der Waals surface area contributed by atoms with Gasteiger partial charge in [0.25, 0.3) is 5.91 Å². The molecule has 3 rings (SSSR count). The van der Waals surface area contributed by atoms with E-state index in [1.807, 2.05) is 30.3 Å². The molecule has 0 spiro atoms. The second-order valence-electron chi connectivity index (χ2n) is 8.78. The number of aromatic hydroxyl groups is 1. The second kappa shape index (κ2) is 10.1. The molecular formula is C26H35NO5Si. The van der Waals surface area contributed by atoms with Gasteiger partial charge in [-0.25, -0.2) is 4.79 Å². The second-order valence-corrected chi connectivity index (χ2v) is 13.5. The molecule has 1 amide bonds. The van der Waals surface area contributed by atoms with Gasteiger partial charge < -0.3 is 19.2 Å². The first-order valence-corrected chi connectivity index (χ1v) is 14.2. The van der Waals surface area contributed by atoms with Crippen LogP contribution in [0.15, 0.2) is 30.3 Å². The van der Waals surface area contributed by atoms with Crippen LogP contribution in [0.3, 0.4) is 0 Å². The number of rotatable bonds is 9. The molecule has 33 heavy (non-hydrogen) atoms. The highest BCUT2D eigenvalue weighted by molar-refractivity contribution is 6.73. The molecule has 1 aliphatic rings. The van der Waals surface area contributed by atoms with Gasteiger partial charge in [0, 0.05) is 24.2 Å². The molecule has 0 fully saturated rings. The molecule has 0 aliphatic carbocycles. The Hall–Kier alpha value is -2.64. The van der Waals surface area contributed by atoms with Crippen LogP contribution in [-0.4, -0.2) is 37.3 Å². The van der Waals surface area contributed by atoms with Crippen molar-refractivity contribution in [2.24, 2.45) is 0 Å². The van der Waals surface area contributed by atoms with Crippen LogP contribution in [0.2, 0.25) is 18.1 Å². The maximum atomic E-state index is 13.4. The van der Waals surface area contributed by atoms with Gasteiger partial charge in [0.1, 0.15) is 5.75 Å². The van der Waals surface area contributed by atoms with Crippen molar-refractivity contribution in [3.05, 3.63) is 63.7 Å². The van der Waals surface area contributed by atoms with Gasteiger partial charge in [-0.3, -0.25) is 4.79 Å². The lowest BCUT2D eigenvalue weighted by atomic mass is 9.90. The maximum absolute atomic E-state index is 13.4. The molecule has 2 aromatic carbocycles. The van der Waals surface area contributed by atoms with Crippen LogP contribution in [0.25, 0.3) is 0 Å². The first kappa shape index (κ1) is 25.0. The van der Waals surface area contributed by atoms with Crippen molar-refractivity contribution in [2.75, 3.05) is 7.11 Å². The number of hydrogen-bond donors (Lipinski definition) is 1. The summed E-state index contributed by atoms with van der Waals surface area (Å²) in [5.41, 5.74) is 3.98. The summed E-state index contributed by atoms with van der Waals surface area (Å²) in [5.74, 6) is -0.627. The Kier molecular flexibility index (Phi) is 7.64. The van der Waals surface area contributed by atoms with Crippen molar-refractivity contribution >= 4 is 20.2 Å². The van der Waals surface area contributed by atoms with Crippen molar-refractivity contribution < 1.29 is 23.9 Å². The highest BCUT2D eigenvalue weighted by Gasteiger charge is 2.41. The van der Waals surface area contributed by atoms with Crippen molar-refractivity contribution in [2.45, 2.75) is 71.9 Å². The molecule has 1 aliphatic heterocycles. The maximum Gasteiger partial charge on any atom is 0.338 e. The number of fused-ring (bicyclic) bond motifs is 1. The van der Waals surface area contributed by atoms with Crippen molar-refractivity contribution in [3.63, 3.8) is 0 Å². The Bertz CT molecular complexity index is 1020. The first-order chi connectivity index (χ1) is 15.7. The van der Waals surface area contributed by atoms with Gasteiger partial charge in [0.05, 0.1) is 7.11 Å². The molecule has 0 saturated carbocycles. The van der Waals surface area contributed by atoms with Crippen LogP contribution >= 0.6 is 0 Å². The summed E-state index contributed by atoms with van der Waals surface area (Å²) >= 11 is 0. The zero-order chi connectivity index (χ0) is 24.3. The van der Waals surface area contributed by atoms with Crippen LogP contribution in [-0.2, 0) is 27.0 Å². The molecule has 0 aromatic heterocycles. The van der Waals surface area contributed by atoms with Gasteiger partial charge in [-0.2, -0.15) is 0 Å². The molecule has 1 heterocycles. The molecule has 178 valence electrons. The summed E-state index contributed by atoms with van der Waals surface area (Å²) in [7, 11) is -0.895. The van der Waals surface area contributed by atoms with Crippen molar-refractivity contribution in [3.8, 4) is 5.75 Å². The third-order valence-corrected chi connectivity index (χ3v) is 11.8. The van der Waals surface area contributed by atoms with E-state index < -0.39 is 20.4 Å². The molecule has 7 heteroatoms. The highest BCUT2D eigenvalue weighted by Crippen LogP contribution is 2.43. The molecule has 2 aromatic rings. The number of esters is 1. The van der Waals surface area contributed by atoms with Gasteiger partial charge in [0.2, 0.25) is 0 Å². The Morgan fingerprint density at radius 1 is 1.09 bits per heavy atom. The third kappa shape index (κ3) is 4.57. The number of hydrogen-bond acceptors (Lipinski definition) is 5. The van der Waals surface area contributed by atoms with Gasteiger partial charge in [0.15, 0.2) is 14.4 Å². The largest absolute Gasteiger partial charge is 0.507 e. The normalized spacial score (nSPS) is 14.4. The Morgan fingerprint density at radius 2 is 1.70 bits per heavy atom. The predicted molar refractivity (Wildman–Crippen MR) is 131 cm³/mol. The molecule has 0 bridgehead atoms. The van der Waals surface area contributed by atoms with Gasteiger partial charge in [-0.1, -0.05) is 51.1 Å². The lowest BCUT2D eigenvalue weighted by Crippen LogP contribution is -2.39. The Labute approximate surface area is 197 Å². The summed E-state index contributed by atoms with van der Waals surface area (Å²) in [6.07, 6.45) is -1.05. The molecule has 0 saturated heterocycles. The number of carbonyl (C=O) groups is 2. The number of phenolic OH excluding ortho intramolecular Hbond substituents is 1. The summed E-state index contributed by atoms with van der Waals surface area (Å²) in [6, 6.07) is 12.4. The zero-order valence-electron chi connectivity index (χ0n) is 20.5. The van der Waals surface area contributed by atoms with E-state index in [-0.39, 0.29) is 11.7 Å². The van der Waals surface area contributed by atoms with Crippen LogP contribution < -0.4 is 0 Å². The van der Waals surface area contributed by atoms with E-state index in [1.165, 1.54) is 7.11 Å². The number of carbonyl (C=O) groups excluding carboxylic acids is 2. The fraction of sp³-hybridized carbons (Fsp3) is 0.462. The van der Waals surface area contributed by atoms with Gasteiger partial charge in [-0.15, -0.1) is 0 Å². The van der Waals surface area contributed by atoms with E-state index in [2.05, 4.69) is 20.8 Å². The lowest BCUT2D eigenvalue weighted by molar-refractivity contribution is -0.149. The lowest BCUT2D eigenvalue weighted by Gasteiger charge is -2.33. The van der Waals surface area contributed by atoms with Crippen molar-refractivity contribution in [1.82, 2.24) is 4.90 Å². The van der Waals surface area contributed by atoms with E-state index in [9.17, 15) is 14.7 Å². The van der Waals surface area contributed by atoms with E-state index >= 15 is 0 Å². The minimum atomic E-state index is -2.22. The summed E-state index contributed by atoms with van der Waals surface area (Å²) in [4.78, 5) is 28.1. The standard InChI is InChI=1S/C26H35NO5Si/c1-7-33(8-2,9-3)32-24(26(30)31-6)22-18(5)21-20(17(4)23(22)28)16-27(25(21)29)15-19-13-11-10-12-14-19/h10-14,24,28H,7-9,15-16H2,1-6H3. The van der Waals surface area contributed by atoms with E-state index in [4.69, 9.17) is 9.16 Å². The zero-order valence-corrected chi connectivity index (χ0v) is 21.5. The van der Waals surface area contributed by atoms with Gasteiger partial charge in [-0.05, 0) is 54.2 Å². The average molecular weight is 470 g/mol. The quantitative estimate of drug-likeness (QED) is 0.393. The monoisotopic (exact) mass is 469 g/mol. The molecule has 1 unspecified atom stereocenters. The number of methoxy groups -OCH3 is 1. The van der Waals surface area contributed by atoms with E-state index in [0.29, 0.717) is 35.3 Å². The van der Waals surface area contributed by atoms with E-state index in [1.54, 1.807) is 18.7 Å². The predicted octanol–water partition coefficient (Wildman–Crippen LogP) is 5.40. The topological polar surface area (TPSA) is 76.1 Å². The Balaban J connectivity index is 2.09. The van der Waals surface area contributed by atoms with Crippen molar-refractivity contribution in [1.29, 1.82) is 0 Å². The summed E-state index contributed by atoms with van der Waals surface area (Å²) < 4.78 is 11.6. The first-order valence-electron chi connectivity index (χ1n) is 11.7. The smallest absolute Gasteiger partial charge is 0.338 e. The molecule has 1 atom stereocenters. The summed E-state index contributed by atoms with van der Waals surface area (Å²) in [6.45, 7) is 10.7. The third-order valence-electron chi connectivity index (χ3n) is 7.19. The number of amides is 1. The molecule has 0 radical (unpaired) electrons. The minimum absolute atomic E-state index is 0.0159. The Morgan fingerprint density at radius 3 is 2.24 bits per heavy atom. The van der Waals surface area contributed by atoms with Crippen LogP contribution in [0.5, 0.6) is 5.75 Å². The highest BCUT2D eigenvalue weighted by atomic mass is 28.4. The SMILES string of the molecule is CC[Si](CC)(CC)OC(C(=O)OC)c1c(C)c2c(c(C)c1O)CN(Cc1ccccc1)C2=O. The minimum Gasteiger partial charge on any atom is -0.507 e. The number of benzene rings is 2. The number of ether oxygens (including phenoxy) is 1. The van der Waals surface area contributed by atoms with Gasteiger partial charge >= 0.3 is 5.97 Å². The molecule has 6 nitrogen and oxygen atoms in total. The number of phenols is 1. The van der Waals surface area contributed by atoms with Crippen LogP contribution in [0.4, 0.5) is 0 Å². The van der Waals surface area contributed by atoms with Crippen LogP contribution in [0.1, 0.15) is 65.1 Å². The molecular weight excluding hydrogens is 434 g/mol. The summed E-state index contributed by atoms with van der Waals surface area (Å²) in [5, 5.41) is 11.2. The van der Waals surface area contributed by atoms with E-state index in [0.717, 1.165) is 29.3 Å². The fourth-order valence-corrected chi connectivity index (χ4v) is 7.53.